The molecule has 2 heterocycles. The first-order valence-corrected chi connectivity index (χ1v) is 13.0. The van der Waals surface area contributed by atoms with E-state index < -0.39 is 33.5 Å². The lowest BCUT2D eigenvalue weighted by Crippen LogP contribution is -2.43. The summed E-state index contributed by atoms with van der Waals surface area (Å²) in [4.78, 5) is 11.3. The largest absolute Gasteiger partial charge is 0.486 e. The van der Waals surface area contributed by atoms with Crippen molar-refractivity contribution in [3.8, 4) is 16.9 Å². The summed E-state index contributed by atoms with van der Waals surface area (Å²) in [6.45, 7) is 1.72. The Labute approximate surface area is 215 Å². The van der Waals surface area contributed by atoms with Crippen molar-refractivity contribution in [2.45, 2.75) is 30.8 Å². The molecule has 37 heavy (non-hydrogen) atoms. The molecule has 0 bridgehead atoms. The zero-order chi connectivity index (χ0) is 26.3. The minimum Gasteiger partial charge on any atom is -0.486 e. The maximum absolute atomic E-state index is 14.1. The molecule has 0 radical (unpaired) electrons. The van der Waals surface area contributed by atoms with Gasteiger partial charge in [-0.3, -0.25) is 4.31 Å². The quantitative estimate of drug-likeness (QED) is 0.346. The molecule has 0 amide bonds. The zero-order valence-electron chi connectivity index (χ0n) is 19.4. The number of aryl methyl sites for hydroxylation is 2. The van der Waals surface area contributed by atoms with Crippen molar-refractivity contribution >= 4 is 27.3 Å². The third kappa shape index (κ3) is 4.96. The third-order valence-corrected chi connectivity index (χ3v) is 8.09. The number of rotatable bonds is 6. The Morgan fingerprint density at radius 3 is 2.70 bits per heavy atom. The van der Waals surface area contributed by atoms with Gasteiger partial charge in [-0.2, -0.15) is 0 Å². The molecule has 1 aromatic heterocycles. The lowest BCUT2D eigenvalue weighted by Gasteiger charge is -2.36. The Morgan fingerprint density at radius 1 is 1.16 bits per heavy atom. The first kappa shape index (κ1) is 25.0. The van der Waals surface area contributed by atoms with Gasteiger partial charge in [0.1, 0.15) is 23.5 Å². The van der Waals surface area contributed by atoms with Crippen LogP contribution in [0.1, 0.15) is 17.9 Å². The second kappa shape index (κ2) is 9.64. The van der Waals surface area contributed by atoms with E-state index in [1.165, 1.54) is 22.5 Å². The van der Waals surface area contributed by atoms with E-state index in [4.69, 9.17) is 20.8 Å². The third-order valence-electron chi connectivity index (χ3n) is 5.93. The summed E-state index contributed by atoms with van der Waals surface area (Å²) in [5.41, 5.74) is 1.34. The van der Waals surface area contributed by atoms with Crippen LogP contribution in [-0.2, 0) is 16.4 Å². The van der Waals surface area contributed by atoms with Crippen molar-refractivity contribution < 1.29 is 26.4 Å². The summed E-state index contributed by atoms with van der Waals surface area (Å²) in [5, 5.41) is 5.67. The summed E-state index contributed by atoms with van der Waals surface area (Å²) < 4.78 is 67.9. The van der Waals surface area contributed by atoms with Crippen LogP contribution in [0.3, 0.4) is 0 Å². The molecule has 1 aliphatic rings. The number of nitrogens with zero attached hydrogens (tertiary/aromatic N) is 2. The van der Waals surface area contributed by atoms with Gasteiger partial charge in [0.25, 0.3) is 10.0 Å². The number of anilines is 1. The van der Waals surface area contributed by atoms with E-state index in [0.29, 0.717) is 18.1 Å². The van der Waals surface area contributed by atoms with Crippen LogP contribution in [0.15, 0.2) is 68.7 Å². The van der Waals surface area contributed by atoms with Crippen molar-refractivity contribution in [1.82, 2.24) is 10.2 Å². The predicted octanol–water partition coefficient (Wildman–Crippen LogP) is 4.86. The topological polar surface area (TPSA) is 106 Å². The smallest absolute Gasteiger partial charge is 0.434 e. The molecule has 5 rings (SSSR count). The van der Waals surface area contributed by atoms with Crippen molar-refractivity contribution in [3.63, 3.8) is 0 Å². The van der Waals surface area contributed by atoms with Crippen molar-refractivity contribution in [2.75, 3.05) is 10.8 Å². The van der Waals surface area contributed by atoms with E-state index in [1.54, 1.807) is 31.2 Å². The average Bonchev–Trinajstić information content (AvgIpc) is 3.29. The number of hydrogen-bond acceptors (Lipinski definition) is 6. The average molecular weight is 548 g/mol. The highest BCUT2D eigenvalue weighted by molar-refractivity contribution is 7.92. The lowest BCUT2D eigenvalue weighted by atomic mass is 10.0. The highest BCUT2D eigenvalue weighted by Crippen LogP contribution is 2.42. The van der Waals surface area contributed by atoms with Gasteiger partial charge in [-0.05, 0) is 54.8 Å². The number of hydrogen-bond donors (Lipinski definition) is 1. The van der Waals surface area contributed by atoms with Crippen molar-refractivity contribution in [1.29, 1.82) is 0 Å². The van der Waals surface area contributed by atoms with Crippen LogP contribution in [0, 0.1) is 18.6 Å². The second-order valence-corrected chi connectivity index (χ2v) is 10.8. The molecule has 0 aliphatic carbocycles. The SMILES string of the molecule is Cc1cccc(S(=O)(=O)N2C[C@H](CCc3n[nH]c(=O)o3)Oc3ccc(-c4cc(F)cc(F)c4Cl)cc32)c1. The van der Waals surface area contributed by atoms with Gasteiger partial charge >= 0.3 is 5.76 Å². The van der Waals surface area contributed by atoms with Crippen LogP contribution in [0.4, 0.5) is 14.5 Å². The number of aromatic nitrogens is 2. The van der Waals surface area contributed by atoms with Gasteiger partial charge in [-0.15, -0.1) is 5.10 Å². The van der Waals surface area contributed by atoms with Crippen LogP contribution in [0.2, 0.25) is 5.02 Å². The number of sulfonamides is 1. The van der Waals surface area contributed by atoms with Crippen LogP contribution >= 0.6 is 11.6 Å². The van der Waals surface area contributed by atoms with Gasteiger partial charge < -0.3 is 9.15 Å². The fourth-order valence-corrected chi connectivity index (χ4v) is 6.00. The van der Waals surface area contributed by atoms with E-state index in [2.05, 4.69) is 10.2 Å². The normalized spacial score (nSPS) is 15.4. The Balaban J connectivity index is 1.57. The molecular weight excluding hydrogens is 528 g/mol. The van der Waals surface area contributed by atoms with Gasteiger partial charge in [0.05, 0.1) is 22.2 Å². The van der Waals surface area contributed by atoms with E-state index in [1.807, 2.05) is 0 Å². The van der Waals surface area contributed by atoms with Gasteiger partial charge in [-0.1, -0.05) is 29.8 Å². The van der Waals surface area contributed by atoms with Crippen LogP contribution < -0.4 is 14.8 Å². The van der Waals surface area contributed by atoms with Gasteiger partial charge in [-0.25, -0.2) is 27.1 Å². The molecule has 3 aromatic carbocycles. The maximum Gasteiger partial charge on any atom is 0.434 e. The van der Waals surface area contributed by atoms with E-state index in [-0.39, 0.29) is 45.8 Å². The van der Waals surface area contributed by atoms with Crippen molar-refractivity contribution in [3.05, 3.63) is 93.3 Å². The zero-order valence-corrected chi connectivity index (χ0v) is 20.9. The molecule has 4 aromatic rings. The molecule has 0 fully saturated rings. The molecule has 0 saturated carbocycles. The first-order valence-electron chi connectivity index (χ1n) is 11.2. The van der Waals surface area contributed by atoms with E-state index in [0.717, 1.165) is 11.6 Å². The number of benzene rings is 3. The Bertz CT molecular complexity index is 1650. The maximum atomic E-state index is 14.1. The summed E-state index contributed by atoms with van der Waals surface area (Å²) in [6.07, 6.45) is -0.0709. The van der Waals surface area contributed by atoms with Crippen LogP contribution in [-0.4, -0.2) is 31.3 Å². The fraction of sp³-hybridized carbons (Fsp3) is 0.200. The molecule has 192 valence electrons. The van der Waals surface area contributed by atoms with Crippen LogP contribution in [0.25, 0.3) is 11.1 Å². The Morgan fingerprint density at radius 2 is 1.97 bits per heavy atom. The van der Waals surface area contributed by atoms with Crippen molar-refractivity contribution in [2.24, 2.45) is 0 Å². The second-order valence-electron chi connectivity index (χ2n) is 8.57. The molecule has 0 unspecified atom stereocenters. The number of ether oxygens (including phenoxy) is 1. The van der Waals surface area contributed by atoms with Gasteiger partial charge in [0, 0.05) is 18.1 Å². The highest BCUT2D eigenvalue weighted by Gasteiger charge is 2.35. The summed E-state index contributed by atoms with van der Waals surface area (Å²) in [6, 6.07) is 12.8. The van der Waals surface area contributed by atoms with Gasteiger partial charge in [0.2, 0.25) is 5.89 Å². The Hall–Kier alpha value is -3.70. The molecular formula is C25H20ClF2N3O5S. The first-order chi connectivity index (χ1) is 17.6. The summed E-state index contributed by atoms with van der Waals surface area (Å²) >= 11 is 6.10. The molecule has 12 heteroatoms. The minimum atomic E-state index is -4.06. The number of H-pyrrole nitrogens is 1. The minimum absolute atomic E-state index is 0.0629. The van der Waals surface area contributed by atoms with Gasteiger partial charge in [0.15, 0.2) is 0 Å². The molecule has 0 saturated heterocycles. The molecule has 1 aliphatic heterocycles. The van der Waals surface area contributed by atoms with E-state index >= 15 is 0 Å². The predicted molar refractivity (Wildman–Crippen MR) is 132 cm³/mol. The fourth-order valence-electron chi connectivity index (χ4n) is 4.18. The number of halogens is 3. The molecule has 8 nitrogen and oxygen atoms in total. The number of nitrogens with one attached hydrogen (secondary N) is 1. The Kier molecular flexibility index (Phi) is 6.50. The highest BCUT2D eigenvalue weighted by atomic mass is 35.5. The summed E-state index contributed by atoms with van der Waals surface area (Å²) in [7, 11) is -4.06. The number of fused-ring (bicyclic) bond motifs is 1. The standard InChI is InChI=1S/C25H20ClF2N3O5S/c1-14-3-2-4-18(9-14)37(33,34)31-13-17(6-8-23-29-30-25(32)36-23)35-22-7-5-15(10-21(22)31)19-11-16(27)12-20(28)24(19)26/h2-5,7,9-12,17H,6,8,13H2,1H3,(H,30,32)/t17-/m0/s1. The van der Waals surface area contributed by atoms with Crippen LogP contribution in [0.5, 0.6) is 5.75 Å². The van der Waals surface area contributed by atoms with E-state index in [9.17, 15) is 22.0 Å². The molecule has 0 spiro atoms. The summed E-state index contributed by atoms with van der Waals surface area (Å²) in [5.74, 6) is -2.01. The monoisotopic (exact) mass is 547 g/mol. The lowest BCUT2D eigenvalue weighted by molar-refractivity contribution is 0.187. The molecule has 1 atom stereocenters. The molecule has 1 N–H and O–H groups in total. The number of aromatic amines is 1.